The Labute approximate surface area is 176 Å². The first kappa shape index (κ1) is 25.9. The van der Waals surface area contributed by atoms with Gasteiger partial charge in [-0.1, -0.05) is 12.1 Å². The number of ether oxygens (including phenoxy) is 1. The van der Waals surface area contributed by atoms with Crippen molar-refractivity contribution in [1.82, 2.24) is 15.5 Å². The molecular formula is C18H30F3IN4O. The highest BCUT2D eigenvalue weighted by atomic mass is 127. The average molecular weight is 502 g/mol. The number of halogens is 4. The first-order valence-corrected chi connectivity index (χ1v) is 8.65. The zero-order valence-corrected chi connectivity index (χ0v) is 18.4. The molecule has 0 radical (unpaired) electrons. The average Bonchev–Trinajstić information content (AvgIpc) is 2.60. The predicted octanol–water partition coefficient (Wildman–Crippen LogP) is 3.00. The van der Waals surface area contributed by atoms with Crippen molar-refractivity contribution in [2.75, 3.05) is 54.0 Å². The Morgan fingerprint density at radius 2 is 1.74 bits per heavy atom. The Balaban J connectivity index is 0.00000676. The van der Waals surface area contributed by atoms with Gasteiger partial charge >= 0.3 is 6.18 Å². The van der Waals surface area contributed by atoms with Crippen LogP contribution in [0.25, 0.3) is 0 Å². The van der Waals surface area contributed by atoms with Crippen LogP contribution in [-0.4, -0.2) is 64.9 Å². The fraction of sp³-hybridized carbons (Fsp3) is 0.611. The van der Waals surface area contributed by atoms with E-state index in [0.717, 1.165) is 50.4 Å². The molecule has 0 spiro atoms. The van der Waals surface area contributed by atoms with E-state index in [1.165, 1.54) is 12.1 Å². The molecule has 0 saturated carbocycles. The van der Waals surface area contributed by atoms with Crippen LogP contribution < -0.4 is 10.6 Å². The first-order valence-electron chi connectivity index (χ1n) is 8.65. The van der Waals surface area contributed by atoms with Crippen LogP contribution in [0.1, 0.15) is 17.5 Å². The number of likely N-dealkylation sites (N-methyl/N-ethyl adjacent to an activating group) is 1. The summed E-state index contributed by atoms with van der Waals surface area (Å²) in [6.07, 6.45) is -2.68. The van der Waals surface area contributed by atoms with Gasteiger partial charge in [0.25, 0.3) is 0 Å². The number of hydrogen-bond donors (Lipinski definition) is 2. The Hall–Kier alpha value is -1.07. The number of alkyl halides is 3. The van der Waals surface area contributed by atoms with Gasteiger partial charge in [-0.2, -0.15) is 13.2 Å². The van der Waals surface area contributed by atoms with Gasteiger partial charge in [-0.05, 0) is 37.6 Å². The molecule has 0 aromatic heterocycles. The van der Waals surface area contributed by atoms with Crippen molar-refractivity contribution in [2.24, 2.45) is 4.99 Å². The van der Waals surface area contributed by atoms with Gasteiger partial charge in [0.05, 0.1) is 5.56 Å². The Morgan fingerprint density at radius 1 is 1.11 bits per heavy atom. The summed E-state index contributed by atoms with van der Waals surface area (Å²) in [6, 6.07) is 5.25. The molecule has 0 amide bonds. The topological polar surface area (TPSA) is 48.9 Å². The van der Waals surface area contributed by atoms with E-state index in [-0.39, 0.29) is 24.0 Å². The van der Waals surface area contributed by atoms with Gasteiger partial charge in [0, 0.05) is 46.9 Å². The predicted molar refractivity (Wildman–Crippen MR) is 114 cm³/mol. The van der Waals surface area contributed by atoms with E-state index >= 15 is 0 Å². The second kappa shape index (κ2) is 14.0. The molecule has 5 nitrogen and oxygen atoms in total. The van der Waals surface area contributed by atoms with Crippen LogP contribution in [0.2, 0.25) is 0 Å². The van der Waals surface area contributed by atoms with Gasteiger partial charge in [-0.25, -0.2) is 0 Å². The summed E-state index contributed by atoms with van der Waals surface area (Å²) in [5, 5.41) is 6.39. The maximum Gasteiger partial charge on any atom is 0.416 e. The monoisotopic (exact) mass is 502 g/mol. The highest BCUT2D eigenvalue weighted by molar-refractivity contribution is 14.0. The van der Waals surface area contributed by atoms with Crippen molar-refractivity contribution in [2.45, 2.75) is 19.0 Å². The van der Waals surface area contributed by atoms with Crippen LogP contribution >= 0.6 is 24.0 Å². The molecule has 0 atom stereocenters. The van der Waals surface area contributed by atoms with Crippen LogP contribution in [0.3, 0.4) is 0 Å². The van der Waals surface area contributed by atoms with E-state index in [0.29, 0.717) is 18.9 Å². The van der Waals surface area contributed by atoms with Crippen molar-refractivity contribution >= 4 is 29.9 Å². The van der Waals surface area contributed by atoms with Crippen LogP contribution in [0.15, 0.2) is 29.3 Å². The van der Waals surface area contributed by atoms with Crippen molar-refractivity contribution < 1.29 is 17.9 Å². The Bertz CT molecular complexity index is 538. The second-order valence-electron chi connectivity index (χ2n) is 6.02. The number of nitrogens with zero attached hydrogens (tertiary/aromatic N) is 2. The maximum absolute atomic E-state index is 12.5. The molecule has 1 rings (SSSR count). The number of methoxy groups -OCH3 is 1. The molecule has 9 heteroatoms. The van der Waals surface area contributed by atoms with Crippen molar-refractivity contribution in [3.05, 3.63) is 35.4 Å². The third-order valence-corrected chi connectivity index (χ3v) is 3.89. The van der Waals surface area contributed by atoms with Gasteiger partial charge in [0.15, 0.2) is 5.96 Å². The van der Waals surface area contributed by atoms with Crippen LogP contribution in [-0.2, 0) is 17.3 Å². The molecule has 2 N–H and O–H groups in total. The summed E-state index contributed by atoms with van der Waals surface area (Å²) in [5.41, 5.74) is 0.222. The smallest absolute Gasteiger partial charge is 0.385 e. The molecular weight excluding hydrogens is 472 g/mol. The van der Waals surface area contributed by atoms with Gasteiger partial charge in [-0.15, -0.1) is 24.0 Å². The zero-order valence-electron chi connectivity index (χ0n) is 16.1. The first-order chi connectivity index (χ1) is 12.4. The van der Waals surface area contributed by atoms with Gasteiger partial charge in [0.1, 0.15) is 0 Å². The standard InChI is InChI=1S/C18H29F3N4O.HI/c1-22-17(24-11-13-25(2)12-4-14-26-3)23-10-9-15-5-7-16(8-6-15)18(19,20)21;/h5-8H,4,9-14H2,1-3H3,(H2,22,23,24);1H. The van der Waals surface area contributed by atoms with E-state index in [4.69, 9.17) is 4.74 Å². The Morgan fingerprint density at radius 3 is 2.30 bits per heavy atom. The minimum atomic E-state index is -4.29. The number of rotatable bonds is 10. The quantitative estimate of drug-likeness (QED) is 0.224. The Kier molecular flexibility index (Phi) is 13.4. The number of nitrogens with one attached hydrogen (secondary N) is 2. The van der Waals surface area contributed by atoms with E-state index in [9.17, 15) is 13.2 Å². The SMILES string of the molecule is CN=C(NCCc1ccc(C(F)(F)F)cc1)NCCN(C)CCCOC.I. The molecule has 0 aliphatic carbocycles. The second-order valence-corrected chi connectivity index (χ2v) is 6.02. The molecule has 1 aromatic rings. The maximum atomic E-state index is 12.5. The number of aliphatic imine (C=N–C) groups is 1. The van der Waals surface area contributed by atoms with Crippen LogP contribution in [0.4, 0.5) is 13.2 Å². The van der Waals surface area contributed by atoms with E-state index in [1.807, 2.05) is 0 Å². The number of benzene rings is 1. The molecule has 156 valence electrons. The molecule has 0 unspecified atom stereocenters. The van der Waals surface area contributed by atoms with Crippen molar-refractivity contribution in [3.8, 4) is 0 Å². The fourth-order valence-electron chi connectivity index (χ4n) is 2.36. The van der Waals surface area contributed by atoms with Gasteiger partial charge in [0.2, 0.25) is 0 Å². The summed E-state index contributed by atoms with van der Waals surface area (Å²) in [7, 11) is 5.44. The van der Waals surface area contributed by atoms with Crippen LogP contribution in [0, 0.1) is 0 Å². The lowest BCUT2D eigenvalue weighted by atomic mass is 10.1. The van der Waals surface area contributed by atoms with E-state index in [1.54, 1.807) is 14.2 Å². The van der Waals surface area contributed by atoms with Crippen molar-refractivity contribution in [1.29, 1.82) is 0 Å². The lowest BCUT2D eigenvalue weighted by Gasteiger charge is -2.18. The fourth-order valence-corrected chi connectivity index (χ4v) is 2.36. The molecule has 0 aliphatic heterocycles. The normalized spacial score (nSPS) is 12.0. The van der Waals surface area contributed by atoms with Gasteiger partial charge < -0.3 is 20.3 Å². The minimum Gasteiger partial charge on any atom is -0.385 e. The van der Waals surface area contributed by atoms with E-state index < -0.39 is 11.7 Å². The molecule has 0 aliphatic rings. The molecule has 0 fully saturated rings. The number of guanidine groups is 1. The molecule has 0 bridgehead atoms. The minimum absolute atomic E-state index is 0. The summed E-state index contributed by atoms with van der Waals surface area (Å²) < 4.78 is 42.6. The summed E-state index contributed by atoms with van der Waals surface area (Å²) in [6.45, 7) is 3.95. The zero-order chi connectivity index (χ0) is 19.4. The number of hydrogen-bond acceptors (Lipinski definition) is 3. The van der Waals surface area contributed by atoms with Crippen molar-refractivity contribution in [3.63, 3.8) is 0 Å². The van der Waals surface area contributed by atoms with E-state index in [2.05, 4.69) is 27.6 Å². The molecule has 1 aromatic carbocycles. The van der Waals surface area contributed by atoms with Crippen LogP contribution in [0.5, 0.6) is 0 Å². The largest absolute Gasteiger partial charge is 0.416 e. The summed E-state index contributed by atoms with van der Waals surface area (Å²) >= 11 is 0. The summed E-state index contributed by atoms with van der Waals surface area (Å²) in [4.78, 5) is 6.35. The lowest BCUT2D eigenvalue weighted by Crippen LogP contribution is -2.41. The molecule has 27 heavy (non-hydrogen) atoms. The molecule has 0 heterocycles. The van der Waals surface area contributed by atoms with Gasteiger partial charge in [-0.3, -0.25) is 4.99 Å². The highest BCUT2D eigenvalue weighted by Gasteiger charge is 2.29. The third kappa shape index (κ3) is 11.4. The molecule has 0 saturated heterocycles. The lowest BCUT2D eigenvalue weighted by molar-refractivity contribution is -0.137. The third-order valence-electron chi connectivity index (χ3n) is 3.89. The highest BCUT2D eigenvalue weighted by Crippen LogP contribution is 2.29. The summed E-state index contributed by atoms with van der Waals surface area (Å²) in [5.74, 6) is 0.683.